The van der Waals surface area contributed by atoms with E-state index in [0.717, 1.165) is 22.4 Å². The van der Waals surface area contributed by atoms with Crippen LogP contribution in [0.15, 0.2) is 54.9 Å². The highest BCUT2D eigenvalue weighted by molar-refractivity contribution is 5.97. The Bertz CT molecular complexity index is 809. The minimum atomic E-state index is -1.15. The highest BCUT2D eigenvalue weighted by Gasteiger charge is 2.10. The van der Waals surface area contributed by atoms with Gasteiger partial charge in [-0.2, -0.15) is 0 Å². The van der Waals surface area contributed by atoms with Crippen molar-refractivity contribution in [3.8, 4) is 11.1 Å². The van der Waals surface area contributed by atoms with Gasteiger partial charge in [-0.3, -0.25) is 4.98 Å². The molecule has 1 N–H and O–H groups in total. The van der Waals surface area contributed by atoms with Crippen LogP contribution >= 0.6 is 0 Å². The van der Waals surface area contributed by atoms with Crippen LogP contribution in [0, 0.1) is 5.82 Å². The molecule has 0 saturated carbocycles. The number of hydrogen-bond acceptors (Lipinski definition) is 2. The van der Waals surface area contributed by atoms with Gasteiger partial charge >= 0.3 is 5.97 Å². The Hall–Kier alpha value is -2.75. The summed E-state index contributed by atoms with van der Waals surface area (Å²) >= 11 is 0. The second kappa shape index (κ2) is 4.74. The van der Waals surface area contributed by atoms with Crippen molar-refractivity contribution < 1.29 is 14.3 Å². The molecule has 0 bridgehead atoms. The number of fused-ring (bicyclic) bond motifs is 1. The van der Waals surface area contributed by atoms with Gasteiger partial charge in [0.2, 0.25) is 0 Å². The minimum Gasteiger partial charge on any atom is -0.478 e. The van der Waals surface area contributed by atoms with Gasteiger partial charge in [0.15, 0.2) is 0 Å². The number of aromatic carboxylic acids is 1. The van der Waals surface area contributed by atoms with Crippen LogP contribution in [0.2, 0.25) is 0 Å². The molecule has 0 amide bonds. The Morgan fingerprint density at radius 1 is 1.15 bits per heavy atom. The van der Waals surface area contributed by atoms with E-state index >= 15 is 0 Å². The van der Waals surface area contributed by atoms with E-state index in [9.17, 15) is 9.18 Å². The van der Waals surface area contributed by atoms with E-state index in [0.29, 0.717) is 5.56 Å². The molecular formula is C16H10FNO2. The van der Waals surface area contributed by atoms with Crippen LogP contribution in [-0.2, 0) is 0 Å². The molecule has 98 valence electrons. The lowest BCUT2D eigenvalue weighted by Crippen LogP contribution is -1.97. The van der Waals surface area contributed by atoms with E-state index < -0.39 is 11.8 Å². The lowest BCUT2D eigenvalue weighted by atomic mass is 9.98. The standard InChI is InChI=1S/C16H10FNO2/c17-13-7-11(6-12(8-13)16(19)20)14-3-1-2-10-9-18-5-4-15(10)14/h1-9H,(H,19,20). The van der Waals surface area contributed by atoms with Crippen molar-refractivity contribution in [1.82, 2.24) is 4.98 Å². The Morgan fingerprint density at radius 2 is 2.00 bits per heavy atom. The summed E-state index contributed by atoms with van der Waals surface area (Å²) in [5, 5.41) is 10.8. The number of hydrogen-bond donors (Lipinski definition) is 1. The molecule has 20 heavy (non-hydrogen) atoms. The van der Waals surface area contributed by atoms with Crippen LogP contribution in [0.3, 0.4) is 0 Å². The van der Waals surface area contributed by atoms with Crippen molar-refractivity contribution in [1.29, 1.82) is 0 Å². The summed E-state index contributed by atoms with van der Waals surface area (Å²) in [5.74, 6) is -1.71. The Balaban J connectivity index is 2.28. The third-order valence-corrected chi connectivity index (χ3v) is 3.14. The summed E-state index contributed by atoms with van der Waals surface area (Å²) in [4.78, 5) is 15.1. The number of carbonyl (C=O) groups is 1. The zero-order valence-corrected chi connectivity index (χ0v) is 10.4. The average molecular weight is 267 g/mol. The van der Waals surface area contributed by atoms with Crippen molar-refractivity contribution in [3.05, 3.63) is 66.2 Å². The van der Waals surface area contributed by atoms with E-state index in [4.69, 9.17) is 5.11 Å². The number of rotatable bonds is 2. The predicted molar refractivity (Wildman–Crippen MR) is 74.1 cm³/mol. The molecule has 0 radical (unpaired) electrons. The fraction of sp³-hybridized carbons (Fsp3) is 0. The summed E-state index contributed by atoms with van der Waals surface area (Å²) in [6.07, 6.45) is 3.37. The molecule has 3 rings (SSSR count). The van der Waals surface area contributed by atoms with Crippen LogP contribution in [0.25, 0.3) is 21.9 Å². The second-order valence-electron chi connectivity index (χ2n) is 4.44. The van der Waals surface area contributed by atoms with E-state index in [1.54, 1.807) is 12.4 Å². The van der Waals surface area contributed by atoms with Crippen LogP contribution in [-0.4, -0.2) is 16.1 Å². The summed E-state index contributed by atoms with van der Waals surface area (Å²) in [6.45, 7) is 0. The number of aromatic nitrogens is 1. The van der Waals surface area contributed by atoms with Gasteiger partial charge < -0.3 is 5.11 Å². The van der Waals surface area contributed by atoms with Crippen LogP contribution in [0.4, 0.5) is 4.39 Å². The van der Waals surface area contributed by atoms with Crippen LogP contribution in [0.1, 0.15) is 10.4 Å². The number of carboxylic acids is 1. The molecule has 1 aromatic heterocycles. The van der Waals surface area contributed by atoms with Gasteiger partial charge in [-0.25, -0.2) is 9.18 Å². The molecule has 1 heterocycles. The van der Waals surface area contributed by atoms with Crippen LogP contribution < -0.4 is 0 Å². The van der Waals surface area contributed by atoms with Crippen molar-refractivity contribution in [2.75, 3.05) is 0 Å². The molecule has 0 unspecified atom stereocenters. The minimum absolute atomic E-state index is 0.0638. The predicted octanol–water partition coefficient (Wildman–Crippen LogP) is 3.74. The molecule has 3 aromatic rings. The second-order valence-corrected chi connectivity index (χ2v) is 4.44. The summed E-state index contributed by atoms with van der Waals surface area (Å²) in [7, 11) is 0. The average Bonchev–Trinajstić information content (AvgIpc) is 2.46. The molecule has 2 aromatic carbocycles. The molecule has 0 aliphatic rings. The molecule has 0 spiro atoms. The van der Waals surface area contributed by atoms with Gasteiger partial charge in [-0.05, 0) is 40.8 Å². The van der Waals surface area contributed by atoms with Crippen molar-refractivity contribution in [3.63, 3.8) is 0 Å². The van der Waals surface area contributed by atoms with E-state index in [2.05, 4.69) is 4.98 Å². The number of pyridine rings is 1. The van der Waals surface area contributed by atoms with Crippen molar-refractivity contribution in [2.24, 2.45) is 0 Å². The summed E-state index contributed by atoms with van der Waals surface area (Å²) in [6, 6.07) is 11.2. The van der Waals surface area contributed by atoms with Gasteiger partial charge in [0.25, 0.3) is 0 Å². The van der Waals surface area contributed by atoms with E-state index in [1.165, 1.54) is 12.1 Å². The highest BCUT2D eigenvalue weighted by Crippen LogP contribution is 2.29. The Labute approximate surface area is 114 Å². The topological polar surface area (TPSA) is 50.2 Å². The highest BCUT2D eigenvalue weighted by atomic mass is 19.1. The molecule has 3 nitrogen and oxygen atoms in total. The normalized spacial score (nSPS) is 10.7. The van der Waals surface area contributed by atoms with Crippen molar-refractivity contribution in [2.45, 2.75) is 0 Å². The fourth-order valence-corrected chi connectivity index (χ4v) is 2.24. The lowest BCUT2D eigenvalue weighted by molar-refractivity contribution is 0.0696. The third kappa shape index (κ3) is 2.12. The largest absolute Gasteiger partial charge is 0.478 e. The maximum Gasteiger partial charge on any atom is 0.335 e. The number of benzene rings is 2. The van der Waals surface area contributed by atoms with E-state index in [-0.39, 0.29) is 5.56 Å². The SMILES string of the molecule is O=C(O)c1cc(F)cc(-c2cccc3cnccc23)c1. The van der Waals surface area contributed by atoms with Gasteiger partial charge in [-0.1, -0.05) is 18.2 Å². The fourth-order valence-electron chi connectivity index (χ4n) is 2.24. The van der Waals surface area contributed by atoms with E-state index in [1.807, 2.05) is 24.3 Å². The smallest absolute Gasteiger partial charge is 0.335 e. The molecule has 0 aliphatic carbocycles. The maximum absolute atomic E-state index is 13.6. The molecule has 0 fully saturated rings. The Morgan fingerprint density at radius 3 is 2.80 bits per heavy atom. The van der Waals surface area contributed by atoms with Gasteiger partial charge in [0.05, 0.1) is 5.56 Å². The van der Waals surface area contributed by atoms with Crippen LogP contribution in [0.5, 0.6) is 0 Å². The number of carboxylic acid groups (broad SMARTS) is 1. The Kier molecular flexibility index (Phi) is 2.91. The summed E-state index contributed by atoms with van der Waals surface area (Å²) < 4.78 is 13.6. The first kappa shape index (κ1) is 12.3. The van der Waals surface area contributed by atoms with Gasteiger partial charge in [0, 0.05) is 17.8 Å². The molecule has 4 heteroatoms. The first-order valence-corrected chi connectivity index (χ1v) is 6.02. The third-order valence-electron chi connectivity index (χ3n) is 3.14. The molecular weight excluding hydrogens is 257 g/mol. The first-order valence-electron chi connectivity index (χ1n) is 6.02. The summed E-state index contributed by atoms with van der Waals surface area (Å²) in [5.41, 5.74) is 1.26. The molecule has 0 saturated heterocycles. The molecule has 0 atom stereocenters. The number of halogens is 1. The number of nitrogens with zero attached hydrogens (tertiary/aromatic N) is 1. The van der Waals surface area contributed by atoms with Gasteiger partial charge in [0.1, 0.15) is 5.82 Å². The quantitative estimate of drug-likeness (QED) is 0.769. The maximum atomic E-state index is 13.6. The zero-order chi connectivity index (χ0) is 14.1. The zero-order valence-electron chi connectivity index (χ0n) is 10.4. The molecule has 0 aliphatic heterocycles. The lowest BCUT2D eigenvalue weighted by Gasteiger charge is -2.08. The first-order chi connectivity index (χ1) is 9.65. The monoisotopic (exact) mass is 267 g/mol. The van der Waals surface area contributed by atoms with Gasteiger partial charge in [-0.15, -0.1) is 0 Å². The van der Waals surface area contributed by atoms with Crippen molar-refractivity contribution >= 4 is 16.7 Å².